The van der Waals surface area contributed by atoms with Crippen LogP contribution in [-0.4, -0.2) is 34.8 Å². The van der Waals surface area contributed by atoms with Gasteiger partial charge in [0.2, 0.25) is 0 Å². The minimum Gasteiger partial charge on any atom is -0.467 e. The first kappa shape index (κ1) is 27.1. The molecule has 2 atom stereocenters. The van der Waals surface area contributed by atoms with Crippen molar-refractivity contribution in [3.05, 3.63) is 118 Å². The number of methoxy groups -OCH3 is 1. The number of hydrogen-bond donors (Lipinski definition) is 1. The van der Waals surface area contributed by atoms with Crippen LogP contribution in [0.3, 0.4) is 0 Å². The number of ether oxygens (including phenoxy) is 1. The molecule has 1 heterocycles. The SMILES string of the molecule is COC(=O)[C@@H](Cc1ccc(F)cc1)NC(=O)c1nn(-c2ccc(F)cc2F)c2c1CCC2Cc1cccc(F)c1. The zero-order valence-electron chi connectivity index (χ0n) is 21.5. The van der Waals surface area contributed by atoms with Crippen LogP contribution in [-0.2, 0) is 28.8 Å². The quantitative estimate of drug-likeness (QED) is 0.241. The molecule has 1 aliphatic rings. The molecule has 1 aromatic heterocycles. The number of carbonyl (C=O) groups excluding carboxylic acids is 2. The number of amides is 1. The summed E-state index contributed by atoms with van der Waals surface area (Å²) in [6.45, 7) is 0. The van der Waals surface area contributed by atoms with Crippen molar-refractivity contribution in [2.75, 3.05) is 7.11 Å². The highest BCUT2D eigenvalue weighted by Crippen LogP contribution is 2.39. The smallest absolute Gasteiger partial charge is 0.328 e. The maximum absolute atomic E-state index is 14.9. The molecule has 6 nitrogen and oxygen atoms in total. The zero-order valence-corrected chi connectivity index (χ0v) is 21.5. The highest BCUT2D eigenvalue weighted by Gasteiger charge is 2.35. The first-order valence-electron chi connectivity index (χ1n) is 12.7. The van der Waals surface area contributed by atoms with Crippen LogP contribution < -0.4 is 5.32 Å². The molecule has 0 aliphatic heterocycles. The molecule has 1 amide bonds. The molecule has 1 aliphatic carbocycles. The summed E-state index contributed by atoms with van der Waals surface area (Å²) in [7, 11) is 1.19. The number of carbonyl (C=O) groups is 2. The Morgan fingerprint density at radius 2 is 1.70 bits per heavy atom. The van der Waals surface area contributed by atoms with E-state index in [1.807, 2.05) is 0 Å². The number of nitrogens with zero attached hydrogens (tertiary/aromatic N) is 2. The van der Waals surface area contributed by atoms with Crippen molar-refractivity contribution in [3.63, 3.8) is 0 Å². The number of aromatic nitrogens is 2. The maximum Gasteiger partial charge on any atom is 0.328 e. The summed E-state index contributed by atoms with van der Waals surface area (Å²) in [5.74, 6) is -4.07. The predicted molar refractivity (Wildman–Crippen MR) is 138 cm³/mol. The van der Waals surface area contributed by atoms with Gasteiger partial charge in [-0.3, -0.25) is 4.79 Å². The van der Waals surface area contributed by atoms with E-state index < -0.39 is 35.4 Å². The van der Waals surface area contributed by atoms with Crippen LogP contribution in [0.25, 0.3) is 5.69 Å². The van der Waals surface area contributed by atoms with Gasteiger partial charge in [-0.05, 0) is 66.8 Å². The topological polar surface area (TPSA) is 73.2 Å². The van der Waals surface area contributed by atoms with E-state index in [2.05, 4.69) is 10.4 Å². The average molecular weight is 552 g/mol. The van der Waals surface area contributed by atoms with Crippen LogP contribution in [0, 0.1) is 23.3 Å². The highest BCUT2D eigenvalue weighted by atomic mass is 19.1. The van der Waals surface area contributed by atoms with Gasteiger partial charge in [-0.1, -0.05) is 24.3 Å². The highest BCUT2D eigenvalue weighted by molar-refractivity contribution is 5.97. The summed E-state index contributed by atoms with van der Waals surface area (Å²) in [6.07, 6.45) is 1.47. The molecule has 206 valence electrons. The zero-order chi connectivity index (χ0) is 28.4. The third-order valence-corrected chi connectivity index (χ3v) is 7.02. The molecule has 0 spiro atoms. The van der Waals surface area contributed by atoms with Gasteiger partial charge in [-0.25, -0.2) is 27.0 Å². The number of halogens is 4. The number of esters is 1. The van der Waals surface area contributed by atoms with Crippen molar-refractivity contribution in [1.82, 2.24) is 15.1 Å². The van der Waals surface area contributed by atoms with Crippen molar-refractivity contribution in [2.45, 2.75) is 37.6 Å². The number of fused-ring (bicyclic) bond motifs is 1. The third-order valence-electron chi connectivity index (χ3n) is 7.02. The lowest BCUT2D eigenvalue weighted by Gasteiger charge is -2.16. The molecular formula is C30H25F4N3O3. The van der Waals surface area contributed by atoms with Crippen molar-refractivity contribution in [3.8, 4) is 5.69 Å². The number of hydrogen-bond acceptors (Lipinski definition) is 4. The van der Waals surface area contributed by atoms with Crippen LogP contribution in [0.2, 0.25) is 0 Å². The Kier molecular flexibility index (Phi) is 7.68. The van der Waals surface area contributed by atoms with Crippen molar-refractivity contribution in [2.24, 2.45) is 0 Å². The second-order valence-electron chi connectivity index (χ2n) is 9.67. The molecule has 3 aromatic carbocycles. The van der Waals surface area contributed by atoms with Gasteiger partial charge in [0.25, 0.3) is 5.91 Å². The minimum absolute atomic E-state index is 0.00604. The first-order chi connectivity index (χ1) is 19.2. The average Bonchev–Trinajstić information content (AvgIpc) is 3.50. The molecule has 0 bridgehead atoms. The van der Waals surface area contributed by atoms with E-state index in [1.54, 1.807) is 12.1 Å². The largest absolute Gasteiger partial charge is 0.467 e. The summed E-state index contributed by atoms with van der Waals surface area (Å²) in [5.41, 5.74) is 2.39. The molecule has 5 rings (SSSR count). The second-order valence-corrected chi connectivity index (χ2v) is 9.67. The predicted octanol–water partition coefficient (Wildman–Crippen LogP) is 5.22. The molecule has 10 heteroatoms. The Labute approximate surface area is 227 Å². The van der Waals surface area contributed by atoms with Gasteiger partial charge in [-0.2, -0.15) is 5.10 Å². The Morgan fingerprint density at radius 1 is 0.975 bits per heavy atom. The third kappa shape index (κ3) is 5.61. The van der Waals surface area contributed by atoms with Crippen LogP contribution in [0.4, 0.5) is 17.6 Å². The van der Waals surface area contributed by atoms with E-state index in [-0.39, 0.29) is 29.5 Å². The van der Waals surface area contributed by atoms with Gasteiger partial charge in [0.1, 0.15) is 29.2 Å². The number of rotatable bonds is 8. The molecular weight excluding hydrogens is 526 g/mol. The lowest BCUT2D eigenvalue weighted by Crippen LogP contribution is -2.43. The number of benzene rings is 3. The van der Waals surface area contributed by atoms with E-state index in [9.17, 15) is 27.2 Å². The molecule has 0 saturated carbocycles. The van der Waals surface area contributed by atoms with Gasteiger partial charge in [0.05, 0.1) is 12.8 Å². The van der Waals surface area contributed by atoms with Crippen LogP contribution >= 0.6 is 0 Å². The fourth-order valence-electron chi connectivity index (χ4n) is 5.17. The standard InChI is InChI=1S/C30H25F4N3O3/c1-40-30(39)25(15-17-5-8-20(31)9-6-17)35-29(38)27-23-11-7-19(13-18-3-2-4-21(32)14-18)28(23)37(36-27)26-12-10-22(33)16-24(26)34/h2-6,8-10,12,14,16,19,25H,7,11,13,15H2,1H3,(H,35,38)/t19?,25-/m1/s1. The maximum atomic E-state index is 14.9. The lowest BCUT2D eigenvalue weighted by molar-refractivity contribution is -0.142. The molecule has 1 unspecified atom stereocenters. The molecule has 1 N–H and O–H groups in total. The van der Waals surface area contributed by atoms with Gasteiger partial charge in [-0.15, -0.1) is 0 Å². The summed E-state index contributed by atoms with van der Waals surface area (Å²) < 4.78 is 62.0. The molecule has 0 radical (unpaired) electrons. The van der Waals surface area contributed by atoms with Gasteiger partial charge in [0, 0.05) is 24.0 Å². The van der Waals surface area contributed by atoms with Crippen molar-refractivity contribution in [1.29, 1.82) is 0 Å². The summed E-state index contributed by atoms with van der Waals surface area (Å²) in [4.78, 5) is 26.0. The van der Waals surface area contributed by atoms with Crippen LogP contribution in [0.15, 0.2) is 66.7 Å². The van der Waals surface area contributed by atoms with E-state index in [0.29, 0.717) is 36.1 Å². The molecule has 0 fully saturated rings. The Balaban J connectivity index is 1.51. The fraction of sp³-hybridized carbons (Fsp3) is 0.233. The summed E-state index contributed by atoms with van der Waals surface area (Å²) >= 11 is 0. The minimum atomic E-state index is -1.10. The van der Waals surface area contributed by atoms with E-state index in [0.717, 1.165) is 17.7 Å². The Bertz CT molecular complexity index is 1570. The van der Waals surface area contributed by atoms with Crippen molar-refractivity contribution >= 4 is 11.9 Å². The van der Waals surface area contributed by atoms with Crippen LogP contribution in [0.1, 0.15) is 45.2 Å². The lowest BCUT2D eigenvalue weighted by atomic mass is 9.97. The number of nitrogens with one attached hydrogen (secondary N) is 1. The summed E-state index contributed by atoms with van der Waals surface area (Å²) in [5, 5.41) is 7.08. The van der Waals surface area contributed by atoms with Gasteiger partial charge >= 0.3 is 5.97 Å². The Hall–Kier alpha value is -4.47. The van der Waals surface area contributed by atoms with Crippen LogP contribution in [0.5, 0.6) is 0 Å². The monoisotopic (exact) mass is 551 g/mol. The van der Waals surface area contributed by atoms with Crippen molar-refractivity contribution < 1.29 is 31.9 Å². The fourth-order valence-corrected chi connectivity index (χ4v) is 5.17. The first-order valence-corrected chi connectivity index (χ1v) is 12.7. The second kappa shape index (κ2) is 11.3. The Morgan fingerprint density at radius 3 is 2.40 bits per heavy atom. The summed E-state index contributed by atoms with van der Waals surface area (Å²) in [6, 6.07) is 13.6. The normalized spacial score (nSPS) is 15.0. The van der Waals surface area contributed by atoms with E-state index >= 15 is 0 Å². The van der Waals surface area contributed by atoms with Gasteiger partial charge in [0.15, 0.2) is 11.5 Å². The molecule has 40 heavy (non-hydrogen) atoms. The van der Waals surface area contributed by atoms with E-state index in [4.69, 9.17) is 4.74 Å². The molecule has 4 aromatic rings. The van der Waals surface area contributed by atoms with Gasteiger partial charge < -0.3 is 10.1 Å². The van der Waals surface area contributed by atoms with E-state index in [1.165, 1.54) is 54.3 Å². The molecule has 0 saturated heterocycles.